The van der Waals surface area contributed by atoms with E-state index in [2.05, 4.69) is 24.9 Å². The zero-order chi connectivity index (χ0) is 13.1. The average molecular weight is 242 g/mol. The molecule has 0 atom stereocenters. The van der Waals surface area contributed by atoms with Gasteiger partial charge >= 0.3 is 0 Å². The van der Waals surface area contributed by atoms with Crippen molar-refractivity contribution in [2.45, 2.75) is 20.3 Å². The van der Waals surface area contributed by atoms with E-state index in [0.29, 0.717) is 17.2 Å². The van der Waals surface area contributed by atoms with E-state index >= 15 is 0 Å². The van der Waals surface area contributed by atoms with Gasteiger partial charge in [-0.3, -0.25) is 4.79 Å². The van der Waals surface area contributed by atoms with Crippen LogP contribution in [0.1, 0.15) is 35.5 Å². The number of hydrogen-bond acceptors (Lipinski definition) is 2. The zero-order valence-corrected chi connectivity index (χ0v) is 11.1. The number of carbonyl (C=O) groups is 1. The van der Waals surface area contributed by atoms with Crippen LogP contribution in [-0.2, 0) is 13.5 Å². The summed E-state index contributed by atoms with van der Waals surface area (Å²) in [5.74, 6) is 0.575. The molecule has 2 rings (SSSR count). The Labute approximate surface area is 107 Å². The van der Waals surface area contributed by atoms with Gasteiger partial charge in [0, 0.05) is 18.8 Å². The molecule has 1 heterocycles. The lowest BCUT2D eigenvalue weighted by molar-refractivity contribution is 0.103. The fraction of sp³-hybridized carbons (Fsp3) is 0.333. The monoisotopic (exact) mass is 242 g/mol. The smallest absolute Gasteiger partial charge is 0.212 e. The molecule has 0 aliphatic carbocycles. The van der Waals surface area contributed by atoms with Crippen LogP contribution in [0, 0.1) is 5.92 Å². The van der Waals surface area contributed by atoms with E-state index in [4.69, 9.17) is 0 Å². The minimum absolute atomic E-state index is 0.0128. The van der Waals surface area contributed by atoms with Gasteiger partial charge in [-0.2, -0.15) is 0 Å². The second-order valence-electron chi connectivity index (χ2n) is 5.05. The molecule has 0 spiro atoms. The van der Waals surface area contributed by atoms with Gasteiger partial charge in [0.05, 0.1) is 6.33 Å². The van der Waals surface area contributed by atoms with Crippen molar-refractivity contribution < 1.29 is 4.79 Å². The summed E-state index contributed by atoms with van der Waals surface area (Å²) in [6.45, 7) is 4.35. The van der Waals surface area contributed by atoms with Crippen LogP contribution in [0.4, 0.5) is 0 Å². The van der Waals surface area contributed by atoms with Crippen LogP contribution in [0.25, 0.3) is 0 Å². The third-order valence-electron chi connectivity index (χ3n) is 2.77. The van der Waals surface area contributed by atoms with Crippen molar-refractivity contribution >= 4 is 5.78 Å². The molecule has 0 N–H and O–H groups in total. The molecule has 2 aromatic rings. The predicted octanol–water partition coefficient (Wildman–Crippen LogP) is 2.85. The highest BCUT2D eigenvalue weighted by Gasteiger charge is 2.12. The van der Waals surface area contributed by atoms with Crippen LogP contribution in [0.5, 0.6) is 0 Å². The van der Waals surface area contributed by atoms with Gasteiger partial charge in [0.15, 0.2) is 0 Å². The molecule has 3 nitrogen and oxygen atoms in total. The first-order chi connectivity index (χ1) is 8.56. The predicted molar refractivity (Wildman–Crippen MR) is 71.6 cm³/mol. The maximum atomic E-state index is 12.2. The van der Waals surface area contributed by atoms with Gasteiger partial charge in [0.1, 0.15) is 5.69 Å². The fourth-order valence-corrected chi connectivity index (χ4v) is 1.99. The SMILES string of the molecule is CC(C)Cc1cccc(C(=O)c2cn(C)cn2)c1. The van der Waals surface area contributed by atoms with Gasteiger partial charge < -0.3 is 4.57 Å². The number of rotatable bonds is 4. The molecule has 0 saturated heterocycles. The summed E-state index contributed by atoms with van der Waals surface area (Å²) in [7, 11) is 1.86. The fourth-order valence-electron chi connectivity index (χ4n) is 1.99. The molecule has 0 amide bonds. The van der Waals surface area contributed by atoms with E-state index in [0.717, 1.165) is 6.42 Å². The van der Waals surface area contributed by atoms with Crippen LogP contribution < -0.4 is 0 Å². The standard InChI is InChI=1S/C15H18N2O/c1-11(2)7-12-5-4-6-13(8-12)15(18)14-9-17(3)10-16-14/h4-6,8-11H,7H2,1-3H3. The molecular weight excluding hydrogens is 224 g/mol. The molecule has 0 unspecified atom stereocenters. The van der Waals surface area contributed by atoms with Crippen molar-refractivity contribution in [3.05, 3.63) is 53.6 Å². The first-order valence-corrected chi connectivity index (χ1v) is 6.18. The normalized spacial score (nSPS) is 10.9. The molecule has 1 aromatic heterocycles. The van der Waals surface area contributed by atoms with Crippen molar-refractivity contribution in [1.29, 1.82) is 0 Å². The van der Waals surface area contributed by atoms with Gasteiger partial charge in [-0.25, -0.2) is 4.98 Å². The highest BCUT2D eigenvalue weighted by atomic mass is 16.1. The Hall–Kier alpha value is -1.90. The highest BCUT2D eigenvalue weighted by Crippen LogP contribution is 2.13. The number of carbonyl (C=O) groups excluding carboxylic acids is 1. The number of aryl methyl sites for hydroxylation is 1. The van der Waals surface area contributed by atoms with Gasteiger partial charge in [-0.05, 0) is 24.0 Å². The van der Waals surface area contributed by atoms with E-state index in [9.17, 15) is 4.79 Å². The number of ketones is 1. The van der Waals surface area contributed by atoms with E-state index in [1.807, 2.05) is 25.2 Å². The molecule has 0 aliphatic rings. The van der Waals surface area contributed by atoms with Crippen LogP contribution in [-0.4, -0.2) is 15.3 Å². The Morgan fingerprint density at radius 1 is 1.39 bits per heavy atom. The number of imidazole rings is 1. The molecule has 0 bridgehead atoms. The topological polar surface area (TPSA) is 34.9 Å². The summed E-state index contributed by atoms with van der Waals surface area (Å²) in [6.07, 6.45) is 4.38. The Morgan fingerprint density at radius 3 is 2.78 bits per heavy atom. The van der Waals surface area contributed by atoms with Crippen LogP contribution >= 0.6 is 0 Å². The van der Waals surface area contributed by atoms with Crippen molar-refractivity contribution in [2.75, 3.05) is 0 Å². The molecule has 18 heavy (non-hydrogen) atoms. The second-order valence-corrected chi connectivity index (χ2v) is 5.05. The number of benzene rings is 1. The van der Waals surface area contributed by atoms with Gasteiger partial charge in [-0.15, -0.1) is 0 Å². The number of nitrogens with zero attached hydrogens (tertiary/aromatic N) is 2. The second kappa shape index (κ2) is 5.17. The summed E-state index contributed by atoms with van der Waals surface area (Å²) < 4.78 is 1.78. The van der Waals surface area contributed by atoms with Crippen molar-refractivity contribution in [2.24, 2.45) is 13.0 Å². The molecule has 0 aliphatic heterocycles. The van der Waals surface area contributed by atoms with Gasteiger partial charge in [0.2, 0.25) is 5.78 Å². The quantitative estimate of drug-likeness (QED) is 0.773. The Morgan fingerprint density at radius 2 is 2.17 bits per heavy atom. The summed E-state index contributed by atoms with van der Waals surface area (Å²) in [5.41, 5.74) is 2.41. The van der Waals surface area contributed by atoms with Crippen LogP contribution in [0.15, 0.2) is 36.8 Å². The maximum absolute atomic E-state index is 12.2. The first-order valence-electron chi connectivity index (χ1n) is 6.18. The van der Waals surface area contributed by atoms with Gasteiger partial charge in [-0.1, -0.05) is 32.0 Å². The minimum atomic E-state index is -0.0128. The number of hydrogen-bond donors (Lipinski definition) is 0. The molecule has 1 aromatic carbocycles. The zero-order valence-electron chi connectivity index (χ0n) is 11.1. The van der Waals surface area contributed by atoms with Crippen LogP contribution in [0.3, 0.4) is 0 Å². The lowest BCUT2D eigenvalue weighted by Gasteiger charge is -2.06. The number of aromatic nitrogens is 2. The molecule has 0 radical (unpaired) electrons. The average Bonchev–Trinajstić information content (AvgIpc) is 2.74. The van der Waals surface area contributed by atoms with E-state index < -0.39 is 0 Å². The lowest BCUT2D eigenvalue weighted by atomic mass is 9.99. The molecular formula is C15H18N2O. The summed E-state index contributed by atoms with van der Waals surface area (Å²) in [4.78, 5) is 16.3. The highest BCUT2D eigenvalue weighted by molar-refractivity contribution is 6.07. The lowest BCUT2D eigenvalue weighted by Crippen LogP contribution is -2.03. The van der Waals surface area contributed by atoms with Gasteiger partial charge in [0.25, 0.3) is 0 Å². The van der Waals surface area contributed by atoms with E-state index in [-0.39, 0.29) is 5.78 Å². The molecule has 3 heteroatoms. The Balaban J connectivity index is 2.25. The first kappa shape index (κ1) is 12.6. The van der Waals surface area contributed by atoms with Crippen molar-refractivity contribution in [1.82, 2.24) is 9.55 Å². The summed E-state index contributed by atoms with van der Waals surface area (Å²) >= 11 is 0. The summed E-state index contributed by atoms with van der Waals surface area (Å²) in [5, 5.41) is 0. The Bertz CT molecular complexity index is 555. The van der Waals surface area contributed by atoms with E-state index in [1.165, 1.54) is 5.56 Å². The van der Waals surface area contributed by atoms with Crippen LogP contribution in [0.2, 0.25) is 0 Å². The van der Waals surface area contributed by atoms with E-state index in [1.54, 1.807) is 17.1 Å². The third kappa shape index (κ3) is 2.86. The van der Waals surface area contributed by atoms with Crippen molar-refractivity contribution in [3.63, 3.8) is 0 Å². The minimum Gasteiger partial charge on any atom is -0.340 e. The molecule has 0 saturated carbocycles. The molecule has 0 fully saturated rings. The molecule has 94 valence electrons. The van der Waals surface area contributed by atoms with Crippen molar-refractivity contribution in [3.8, 4) is 0 Å². The third-order valence-corrected chi connectivity index (χ3v) is 2.77. The summed E-state index contributed by atoms with van der Waals surface area (Å²) in [6, 6.07) is 7.82. The Kier molecular flexibility index (Phi) is 3.60. The largest absolute Gasteiger partial charge is 0.340 e. The maximum Gasteiger partial charge on any atom is 0.212 e.